The van der Waals surface area contributed by atoms with Crippen molar-refractivity contribution in [2.24, 2.45) is 29.1 Å². The van der Waals surface area contributed by atoms with E-state index in [1.165, 1.54) is 31.3 Å². The number of fused-ring (bicyclic) bond motifs is 1. The van der Waals surface area contributed by atoms with E-state index in [1.807, 2.05) is 0 Å². The van der Waals surface area contributed by atoms with Crippen LogP contribution < -0.4 is 0 Å². The number of allylic oxidation sites excluding steroid dienone is 3. The van der Waals surface area contributed by atoms with Crippen LogP contribution >= 0.6 is 0 Å². The van der Waals surface area contributed by atoms with Crippen LogP contribution in [0, 0.1) is 29.1 Å². The first-order valence-electron chi connectivity index (χ1n) is 13.1. The number of alkyl halides is 2. The Morgan fingerprint density at radius 3 is 2.58 bits per heavy atom. The molecule has 4 fully saturated rings. The topological polar surface area (TPSA) is 43.7 Å². The molecule has 1 saturated heterocycles. The summed E-state index contributed by atoms with van der Waals surface area (Å²) in [6.45, 7) is 11.5. The van der Waals surface area contributed by atoms with Gasteiger partial charge in [-0.3, -0.25) is 0 Å². The van der Waals surface area contributed by atoms with E-state index in [9.17, 15) is 19.0 Å². The second-order valence-corrected chi connectivity index (χ2v) is 11.7. The largest absolute Gasteiger partial charge is 0.388 e. The van der Waals surface area contributed by atoms with Crippen LogP contribution in [0.15, 0.2) is 35.5 Å². The van der Waals surface area contributed by atoms with Gasteiger partial charge in [0.1, 0.15) is 0 Å². The maximum atomic E-state index is 12.8. The van der Waals surface area contributed by atoms with Gasteiger partial charge in [0.25, 0.3) is 0 Å². The van der Waals surface area contributed by atoms with E-state index in [2.05, 4.69) is 37.5 Å². The van der Waals surface area contributed by atoms with E-state index in [0.29, 0.717) is 41.6 Å². The van der Waals surface area contributed by atoms with Gasteiger partial charge in [0.05, 0.1) is 12.2 Å². The molecule has 2 unspecified atom stereocenters. The van der Waals surface area contributed by atoms with Gasteiger partial charge in [-0.05, 0) is 92.6 Å². The van der Waals surface area contributed by atoms with Crippen molar-refractivity contribution in [1.29, 1.82) is 0 Å². The lowest BCUT2D eigenvalue weighted by Crippen LogP contribution is -2.39. The van der Waals surface area contributed by atoms with Crippen LogP contribution in [-0.4, -0.2) is 53.4 Å². The zero-order valence-electron chi connectivity index (χ0n) is 20.5. The number of aliphatic hydroxyl groups excluding tert-OH is 2. The van der Waals surface area contributed by atoms with E-state index >= 15 is 0 Å². The third-order valence-corrected chi connectivity index (χ3v) is 9.45. The quantitative estimate of drug-likeness (QED) is 0.494. The minimum Gasteiger partial charge on any atom is -0.388 e. The van der Waals surface area contributed by atoms with Crippen molar-refractivity contribution in [2.45, 2.75) is 90.3 Å². The monoisotopic (exact) mass is 463 g/mol. The van der Waals surface area contributed by atoms with Crippen molar-refractivity contribution in [1.82, 2.24) is 4.90 Å². The maximum Gasteiger partial charge on any atom is 0.238 e. The zero-order valence-corrected chi connectivity index (χ0v) is 20.5. The smallest absolute Gasteiger partial charge is 0.238 e. The van der Waals surface area contributed by atoms with E-state index in [1.54, 1.807) is 0 Å². The first-order chi connectivity index (χ1) is 15.7. The summed E-state index contributed by atoms with van der Waals surface area (Å²) < 4.78 is 25.6. The molecule has 0 radical (unpaired) electrons. The molecular formula is C28H43F2NO2. The van der Waals surface area contributed by atoms with Crippen LogP contribution in [0.4, 0.5) is 8.78 Å². The van der Waals surface area contributed by atoms with Crippen LogP contribution in [0.1, 0.15) is 71.6 Å². The fraction of sp³-hybridized carbons (Fsp3) is 0.786. The molecule has 5 heteroatoms. The van der Waals surface area contributed by atoms with Gasteiger partial charge in [-0.15, -0.1) is 0 Å². The molecule has 2 N–H and O–H groups in total. The van der Waals surface area contributed by atoms with Crippen LogP contribution in [0.25, 0.3) is 0 Å². The summed E-state index contributed by atoms with van der Waals surface area (Å²) in [5.74, 6) is 2.02. The minimum atomic E-state index is -2.18. The lowest BCUT2D eigenvalue weighted by molar-refractivity contribution is 0.0797. The van der Waals surface area contributed by atoms with Gasteiger partial charge in [0.15, 0.2) is 0 Å². The Morgan fingerprint density at radius 1 is 1.15 bits per heavy atom. The summed E-state index contributed by atoms with van der Waals surface area (Å²) >= 11 is 0. The van der Waals surface area contributed by atoms with E-state index < -0.39 is 18.6 Å². The highest BCUT2D eigenvalue weighted by molar-refractivity contribution is 5.29. The second-order valence-electron chi connectivity index (χ2n) is 11.7. The average molecular weight is 464 g/mol. The predicted octanol–water partition coefficient (Wildman–Crippen LogP) is 5.74. The molecule has 4 aliphatic rings. The molecule has 0 aromatic heterocycles. The number of hydrogen-bond acceptors (Lipinski definition) is 3. The molecule has 33 heavy (non-hydrogen) atoms. The standard InChI is InChI=1S/C28H43F2NO2/c1-18(16-31-12-10-21(17-31)15-27(29)30)23-8-9-24-22(5-4-11-28(23,24)3)7-6-20-13-25(32)19(2)26(33)14-20/h6-7,18,21,23-27,32-33H,2,4-5,8-17H2,1,3H3/t18?,21?,23-,24+,25-,26-,28-/m1/s1. The van der Waals surface area contributed by atoms with Gasteiger partial charge < -0.3 is 15.1 Å². The Kier molecular flexibility index (Phi) is 7.82. The lowest BCUT2D eigenvalue weighted by Gasteiger charge is -2.45. The van der Waals surface area contributed by atoms with E-state index in [-0.39, 0.29) is 12.3 Å². The summed E-state index contributed by atoms with van der Waals surface area (Å²) in [5.41, 5.74) is 3.50. The van der Waals surface area contributed by atoms with Gasteiger partial charge in [0.2, 0.25) is 6.43 Å². The molecular weight excluding hydrogens is 420 g/mol. The van der Waals surface area contributed by atoms with Crippen LogP contribution in [0.3, 0.4) is 0 Å². The van der Waals surface area contributed by atoms with Crippen molar-refractivity contribution in [2.75, 3.05) is 19.6 Å². The molecule has 3 nitrogen and oxygen atoms in total. The molecule has 0 amide bonds. The number of hydrogen-bond donors (Lipinski definition) is 2. The summed E-state index contributed by atoms with van der Waals surface area (Å²) in [6, 6.07) is 0. The van der Waals surface area contributed by atoms with Gasteiger partial charge >= 0.3 is 0 Å². The third-order valence-electron chi connectivity index (χ3n) is 9.45. The SMILES string of the molecule is C=C1[C@H](O)CC(=CC=C2CCC[C@]3(C)[C@@H](C(C)CN4CCC(CC(F)F)C4)CC[C@@H]23)C[C@H]1O. The van der Waals surface area contributed by atoms with Gasteiger partial charge in [-0.1, -0.05) is 43.7 Å². The molecule has 7 atom stereocenters. The summed E-state index contributed by atoms with van der Waals surface area (Å²) in [7, 11) is 0. The molecule has 186 valence electrons. The molecule has 0 spiro atoms. The van der Waals surface area contributed by atoms with Crippen LogP contribution in [-0.2, 0) is 0 Å². The fourth-order valence-corrected chi connectivity index (χ4v) is 7.70. The Morgan fingerprint density at radius 2 is 1.88 bits per heavy atom. The number of likely N-dealkylation sites (tertiary alicyclic amines) is 1. The van der Waals surface area contributed by atoms with Crippen molar-refractivity contribution >= 4 is 0 Å². The Bertz CT molecular complexity index is 762. The predicted molar refractivity (Wildman–Crippen MR) is 129 cm³/mol. The van der Waals surface area contributed by atoms with Crippen molar-refractivity contribution < 1.29 is 19.0 Å². The molecule has 3 saturated carbocycles. The lowest BCUT2D eigenvalue weighted by atomic mass is 9.61. The molecule has 0 aromatic rings. The summed E-state index contributed by atoms with van der Waals surface area (Å²) in [4.78, 5) is 2.44. The zero-order chi connectivity index (χ0) is 23.8. The number of rotatable bonds is 6. The van der Waals surface area contributed by atoms with Crippen molar-refractivity contribution in [3.05, 3.63) is 35.5 Å². The normalized spacial score (nSPS) is 40.0. The average Bonchev–Trinajstić information content (AvgIpc) is 3.33. The number of aliphatic hydroxyl groups is 2. The Labute approximate surface area is 198 Å². The fourth-order valence-electron chi connectivity index (χ4n) is 7.70. The van der Waals surface area contributed by atoms with Crippen molar-refractivity contribution in [3.63, 3.8) is 0 Å². The highest BCUT2D eigenvalue weighted by Gasteiger charge is 2.50. The summed E-state index contributed by atoms with van der Waals surface area (Å²) in [5, 5.41) is 20.3. The van der Waals surface area contributed by atoms with Gasteiger partial charge in [0, 0.05) is 19.5 Å². The Balaban J connectivity index is 1.40. The number of nitrogens with zero attached hydrogens (tertiary/aromatic N) is 1. The molecule has 1 aliphatic heterocycles. The van der Waals surface area contributed by atoms with Crippen LogP contribution in [0.5, 0.6) is 0 Å². The van der Waals surface area contributed by atoms with Gasteiger partial charge in [-0.2, -0.15) is 0 Å². The molecule has 3 aliphatic carbocycles. The number of halogens is 2. The molecule has 0 bridgehead atoms. The highest BCUT2D eigenvalue weighted by atomic mass is 19.3. The molecule has 4 rings (SSSR count). The molecule has 1 heterocycles. The summed E-state index contributed by atoms with van der Waals surface area (Å²) in [6.07, 6.45) is 9.23. The van der Waals surface area contributed by atoms with E-state index in [0.717, 1.165) is 38.0 Å². The highest BCUT2D eigenvalue weighted by Crippen LogP contribution is 2.59. The third kappa shape index (κ3) is 5.46. The Hall–Kier alpha value is -1.04. The first kappa shape index (κ1) is 25.1. The van der Waals surface area contributed by atoms with E-state index in [4.69, 9.17) is 0 Å². The minimum absolute atomic E-state index is 0.0555. The van der Waals surface area contributed by atoms with Crippen molar-refractivity contribution in [3.8, 4) is 0 Å². The molecule has 0 aromatic carbocycles. The maximum absolute atomic E-state index is 12.8. The van der Waals surface area contributed by atoms with Gasteiger partial charge in [-0.25, -0.2) is 8.78 Å². The van der Waals surface area contributed by atoms with Crippen LogP contribution in [0.2, 0.25) is 0 Å². The first-order valence-corrected chi connectivity index (χ1v) is 13.1. The second kappa shape index (κ2) is 10.3.